The van der Waals surface area contributed by atoms with Crippen LogP contribution in [0.15, 0.2) is 83.6 Å². The molecule has 4 heteroatoms. The molecule has 1 heterocycles. The third-order valence-corrected chi connectivity index (χ3v) is 4.03. The number of fused-ring (bicyclic) bond motifs is 1. The summed E-state index contributed by atoms with van der Waals surface area (Å²) in [6, 6.07) is 12.2. The van der Waals surface area contributed by atoms with Gasteiger partial charge in [0.05, 0.1) is 17.4 Å². The van der Waals surface area contributed by atoms with Gasteiger partial charge in [0, 0.05) is 17.1 Å². The van der Waals surface area contributed by atoms with E-state index in [0.717, 1.165) is 44.4 Å². The zero-order valence-corrected chi connectivity index (χ0v) is 13.9. The smallest absolute Gasteiger partial charge is 0.0701 e. The number of benzene rings is 2. The molecule has 1 N–H and O–H groups in total. The van der Waals surface area contributed by atoms with Crippen LogP contribution in [-0.2, 0) is 0 Å². The fourth-order valence-electron chi connectivity index (χ4n) is 2.63. The van der Waals surface area contributed by atoms with E-state index >= 15 is 0 Å². The second-order valence-corrected chi connectivity index (χ2v) is 5.56. The van der Waals surface area contributed by atoms with Gasteiger partial charge in [0.25, 0.3) is 0 Å². The van der Waals surface area contributed by atoms with Crippen LogP contribution in [0.5, 0.6) is 0 Å². The van der Waals surface area contributed by atoms with Gasteiger partial charge in [0.2, 0.25) is 0 Å². The van der Waals surface area contributed by atoms with Gasteiger partial charge in [-0.05, 0) is 66.0 Å². The molecule has 0 atom stereocenters. The Balaban J connectivity index is 2.06. The standard InChI is InChI=1S/C21H18N4/c1-14(9-10-22-3)15(2)19-12-17(6-8-21(19)23-4)16-5-7-20-18(11-16)13-24-25-20/h5-13H,1-4H2,(H,24,25)/b10-9-. The SMILES string of the molecule is C=N/C=C\C(=C)C(=C)c1cc(-c2ccc3[nH]ncc3c2)ccc1N=C. The van der Waals surface area contributed by atoms with Crippen molar-refractivity contribution < 1.29 is 0 Å². The number of nitrogens with one attached hydrogen (secondary N) is 1. The van der Waals surface area contributed by atoms with Crippen molar-refractivity contribution in [2.24, 2.45) is 9.98 Å². The number of hydrogen-bond donors (Lipinski definition) is 1. The van der Waals surface area contributed by atoms with E-state index in [1.807, 2.05) is 30.5 Å². The van der Waals surface area contributed by atoms with Gasteiger partial charge >= 0.3 is 0 Å². The minimum atomic E-state index is 0.750. The Kier molecular flexibility index (Phi) is 4.53. The first-order chi connectivity index (χ1) is 12.1. The van der Waals surface area contributed by atoms with Gasteiger partial charge < -0.3 is 0 Å². The first-order valence-corrected chi connectivity index (χ1v) is 7.69. The van der Waals surface area contributed by atoms with Crippen LogP contribution in [0.3, 0.4) is 0 Å². The third kappa shape index (κ3) is 3.23. The average molecular weight is 326 g/mol. The molecule has 3 aromatic rings. The highest BCUT2D eigenvalue weighted by Gasteiger charge is 2.10. The van der Waals surface area contributed by atoms with Gasteiger partial charge in [-0.3, -0.25) is 15.1 Å². The van der Waals surface area contributed by atoms with E-state index in [-0.39, 0.29) is 0 Å². The number of nitrogens with zero attached hydrogens (tertiary/aromatic N) is 3. The molecule has 0 unspecified atom stereocenters. The largest absolute Gasteiger partial charge is 0.278 e. The molecule has 1 aromatic heterocycles. The first-order valence-electron chi connectivity index (χ1n) is 7.69. The fraction of sp³-hybridized carbons (Fsp3) is 0. The molecule has 3 rings (SSSR count). The summed E-state index contributed by atoms with van der Waals surface area (Å²) in [6.07, 6.45) is 5.17. The number of aromatic amines is 1. The molecule has 0 bridgehead atoms. The van der Waals surface area contributed by atoms with E-state index in [1.165, 1.54) is 0 Å². The molecular formula is C21H18N4. The molecule has 0 aliphatic carbocycles. The Morgan fingerprint density at radius 2 is 1.80 bits per heavy atom. The van der Waals surface area contributed by atoms with E-state index in [4.69, 9.17) is 0 Å². The zero-order valence-electron chi connectivity index (χ0n) is 13.9. The number of allylic oxidation sites excluding steroid dienone is 3. The summed E-state index contributed by atoms with van der Waals surface area (Å²) < 4.78 is 0. The van der Waals surface area contributed by atoms with Gasteiger partial charge in [-0.2, -0.15) is 5.10 Å². The minimum Gasteiger partial charge on any atom is -0.278 e. The molecule has 0 spiro atoms. The Bertz CT molecular complexity index is 1020. The summed E-state index contributed by atoms with van der Waals surface area (Å²) >= 11 is 0. The first kappa shape index (κ1) is 16.3. The molecule has 0 radical (unpaired) electrons. The van der Waals surface area contributed by atoms with Crippen molar-refractivity contribution in [3.63, 3.8) is 0 Å². The van der Waals surface area contributed by atoms with Crippen LogP contribution in [-0.4, -0.2) is 23.6 Å². The van der Waals surface area contributed by atoms with Gasteiger partial charge in [0.15, 0.2) is 0 Å². The molecule has 122 valence electrons. The van der Waals surface area contributed by atoms with Gasteiger partial charge in [-0.1, -0.05) is 25.3 Å². The summed E-state index contributed by atoms with van der Waals surface area (Å²) in [6.45, 7) is 15.3. The van der Waals surface area contributed by atoms with Crippen molar-refractivity contribution in [1.29, 1.82) is 0 Å². The van der Waals surface area contributed by atoms with Gasteiger partial charge in [-0.15, -0.1) is 0 Å². The second kappa shape index (κ2) is 6.93. The Morgan fingerprint density at radius 3 is 2.56 bits per heavy atom. The molecule has 0 amide bonds. The lowest BCUT2D eigenvalue weighted by Gasteiger charge is -2.12. The van der Waals surface area contributed by atoms with Crippen molar-refractivity contribution in [3.8, 4) is 11.1 Å². The molecule has 0 aliphatic rings. The minimum absolute atomic E-state index is 0.750. The predicted molar refractivity (Wildman–Crippen MR) is 108 cm³/mol. The lowest BCUT2D eigenvalue weighted by molar-refractivity contribution is 1.12. The highest BCUT2D eigenvalue weighted by Crippen LogP contribution is 2.34. The van der Waals surface area contributed by atoms with Crippen molar-refractivity contribution in [2.75, 3.05) is 0 Å². The van der Waals surface area contributed by atoms with E-state index in [1.54, 1.807) is 12.3 Å². The van der Waals surface area contributed by atoms with Crippen molar-refractivity contribution in [1.82, 2.24) is 10.2 Å². The molecule has 0 saturated carbocycles. The molecular weight excluding hydrogens is 308 g/mol. The number of hydrogen-bond acceptors (Lipinski definition) is 3. The topological polar surface area (TPSA) is 53.4 Å². The quantitative estimate of drug-likeness (QED) is 0.482. The maximum absolute atomic E-state index is 4.15. The summed E-state index contributed by atoms with van der Waals surface area (Å²) in [7, 11) is 0. The third-order valence-electron chi connectivity index (χ3n) is 4.03. The van der Waals surface area contributed by atoms with Crippen LogP contribution in [0.25, 0.3) is 27.6 Å². The highest BCUT2D eigenvalue weighted by molar-refractivity contribution is 5.89. The van der Waals surface area contributed by atoms with Crippen LogP contribution >= 0.6 is 0 Å². The van der Waals surface area contributed by atoms with Crippen LogP contribution in [0.1, 0.15) is 5.56 Å². The predicted octanol–water partition coefficient (Wildman–Crippen LogP) is 5.35. The van der Waals surface area contributed by atoms with E-state index < -0.39 is 0 Å². The summed E-state index contributed by atoms with van der Waals surface area (Å²) in [5, 5.41) is 8.09. The number of H-pyrrole nitrogens is 1. The molecule has 2 aromatic carbocycles. The normalized spacial score (nSPS) is 10.9. The van der Waals surface area contributed by atoms with E-state index in [2.05, 4.69) is 58.9 Å². The highest BCUT2D eigenvalue weighted by atomic mass is 15.1. The lowest BCUT2D eigenvalue weighted by Crippen LogP contribution is -1.88. The van der Waals surface area contributed by atoms with E-state index in [9.17, 15) is 0 Å². The lowest BCUT2D eigenvalue weighted by atomic mass is 9.94. The van der Waals surface area contributed by atoms with Crippen LogP contribution < -0.4 is 0 Å². The summed E-state index contributed by atoms with van der Waals surface area (Å²) in [4.78, 5) is 7.81. The summed E-state index contributed by atoms with van der Waals surface area (Å²) in [5.41, 5.74) is 6.33. The molecule has 25 heavy (non-hydrogen) atoms. The van der Waals surface area contributed by atoms with Gasteiger partial charge in [0.1, 0.15) is 0 Å². The Labute approximate surface area is 146 Å². The molecule has 0 fully saturated rings. The van der Waals surface area contributed by atoms with E-state index in [0.29, 0.717) is 0 Å². The van der Waals surface area contributed by atoms with Crippen molar-refractivity contribution in [2.45, 2.75) is 0 Å². The second-order valence-electron chi connectivity index (χ2n) is 5.56. The Hall–Kier alpha value is -3.53. The Morgan fingerprint density at radius 1 is 1.04 bits per heavy atom. The monoisotopic (exact) mass is 326 g/mol. The van der Waals surface area contributed by atoms with Crippen molar-refractivity contribution in [3.05, 3.63) is 79.2 Å². The number of aliphatic imine (C=N–C) groups is 2. The average Bonchev–Trinajstić information content (AvgIpc) is 3.12. The maximum atomic E-state index is 4.15. The number of rotatable bonds is 6. The van der Waals surface area contributed by atoms with Crippen LogP contribution in [0, 0.1) is 0 Å². The summed E-state index contributed by atoms with van der Waals surface area (Å²) in [5.74, 6) is 0. The zero-order chi connectivity index (χ0) is 17.8. The van der Waals surface area contributed by atoms with Crippen molar-refractivity contribution >= 4 is 35.6 Å². The van der Waals surface area contributed by atoms with Crippen LogP contribution in [0.2, 0.25) is 0 Å². The van der Waals surface area contributed by atoms with Gasteiger partial charge in [-0.25, -0.2) is 0 Å². The molecule has 4 nitrogen and oxygen atoms in total. The number of aromatic nitrogens is 2. The maximum Gasteiger partial charge on any atom is 0.0701 e. The van der Waals surface area contributed by atoms with Crippen LogP contribution in [0.4, 0.5) is 5.69 Å². The molecule has 0 saturated heterocycles. The molecule has 0 aliphatic heterocycles. The fourth-order valence-corrected chi connectivity index (χ4v) is 2.63.